The Morgan fingerprint density at radius 3 is 2.32 bits per heavy atom. The summed E-state index contributed by atoms with van der Waals surface area (Å²) < 4.78 is 9.37. The van der Waals surface area contributed by atoms with E-state index in [0.29, 0.717) is 33.4 Å². The molecule has 1 aliphatic carbocycles. The predicted octanol–water partition coefficient (Wildman–Crippen LogP) is 9.90. The van der Waals surface area contributed by atoms with Gasteiger partial charge in [-0.3, -0.25) is 4.79 Å². The van der Waals surface area contributed by atoms with Gasteiger partial charge in [0, 0.05) is 38.9 Å². The van der Waals surface area contributed by atoms with Crippen LogP contribution in [-0.4, -0.2) is 14.5 Å². The predicted molar refractivity (Wildman–Crippen MR) is 188 cm³/mol. The highest BCUT2D eigenvalue weighted by Crippen LogP contribution is 2.52. The fourth-order valence-electron chi connectivity index (χ4n) is 6.95. The fraction of sp³-hybridized carbons (Fsp3) is 0.0750. The third-order valence-corrected chi connectivity index (χ3v) is 9.74. The van der Waals surface area contributed by atoms with Gasteiger partial charge in [0.25, 0.3) is 5.70 Å². The Morgan fingerprint density at radius 2 is 1.53 bits per heavy atom. The van der Waals surface area contributed by atoms with Crippen molar-refractivity contribution in [3.05, 3.63) is 160 Å². The number of carbonyl (C=O) groups is 1. The van der Waals surface area contributed by atoms with Crippen molar-refractivity contribution in [3.63, 3.8) is 0 Å². The number of hydrogen-bond donors (Lipinski definition) is 0. The number of aromatic nitrogens is 2. The van der Waals surface area contributed by atoms with Gasteiger partial charge < -0.3 is 4.90 Å². The molecule has 5 aromatic carbocycles. The van der Waals surface area contributed by atoms with Crippen molar-refractivity contribution in [1.82, 2.24) is 8.75 Å². The second-order valence-electron chi connectivity index (χ2n) is 12.1. The first kappa shape index (κ1) is 28.3. The van der Waals surface area contributed by atoms with Crippen LogP contribution in [0, 0.1) is 17.9 Å². The highest BCUT2D eigenvalue weighted by atomic mass is 32.1. The van der Waals surface area contributed by atoms with Crippen molar-refractivity contribution in [2.75, 3.05) is 4.90 Å². The maximum Gasteiger partial charge on any atom is 0.270 e. The molecule has 0 N–H and O–H groups in total. The zero-order valence-corrected chi connectivity index (χ0v) is 26.3. The van der Waals surface area contributed by atoms with E-state index in [0.717, 1.165) is 39.7 Å². The van der Waals surface area contributed by atoms with Crippen LogP contribution in [0.3, 0.4) is 0 Å². The van der Waals surface area contributed by atoms with Gasteiger partial charge in [0.2, 0.25) is 0 Å². The lowest BCUT2D eigenvalue weighted by molar-refractivity contribution is 0.104. The van der Waals surface area contributed by atoms with Crippen LogP contribution in [0.15, 0.2) is 120 Å². The van der Waals surface area contributed by atoms with Crippen LogP contribution in [-0.2, 0) is 5.41 Å². The van der Waals surface area contributed by atoms with Crippen LogP contribution >= 0.6 is 11.7 Å². The number of nitriles is 1. The van der Waals surface area contributed by atoms with E-state index in [1.807, 2.05) is 30.3 Å². The normalized spacial score (nSPS) is 16.3. The van der Waals surface area contributed by atoms with E-state index in [1.54, 1.807) is 24.3 Å². The zero-order chi connectivity index (χ0) is 32.3. The van der Waals surface area contributed by atoms with Crippen LogP contribution in [0.2, 0.25) is 0 Å². The van der Waals surface area contributed by atoms with E-state index in [2.05, 4.69) is 94.7 Å². The van der Waals surface area contributed by atoms with Crippen molar-refractivity contribution in [2.45, 2.75) is 19.3 Å². The van der Waals surface area contributed by atoms with Gasteiger partial charge in [0.05, 0.1) is 35.7 Å². The topological polar surface area (TPSA) is 74.2 Å². The molecule has 6 nitrogen and oxygen atoms in total. The summed E-state index contributed by atoms with van der Waals surface area (Å²) in [5, 5.41) is 9.76. The van der Waals surface area contributed by atoms with Gasteiger partial charge >= 0.3 is 0 Å². The van der Waals surface area contributed by atoms with Gasteiger partial charge in [-0.15, -0.1) is 0 Å². The minimum Gasteiger partial charge on any atom is -0.310 e. The summed E-state index contributed by atoms with van der Waals surface area (Å²) in [7, 11) is 0. The van der Waals surface area contributed by atoms with Gasteiger partial charge in [0.15, 0.2) is 5.78 Å². The smallest absolute Gasteiger partial charge is 0.270 e. The average Bonchev–Trinajstić information content (AvgIpc) is 3.70. The van der Waals surface area contributed by atoms with Crippen molar-refractivity contribution in [3.8, 4) is 17.2 Å². The summed E-state index contributed by atoms with van der Waals surface area (Å²) >= 11 is 1.12. The number of rotatable bonds is 3. The molecule has 0 unspecified atom stereocenters. The Balaban J connectivity index is 1.28. The first-order valence-corrected chi connectivity index (χ1v) is 15.9. The molecule has 8 rings (SSSR count). The molecule has 1 aromatic heterocycles. The molecule has 0 amide bonds. The highest BCUT2D eigenvalue weighted by molar-refractivity contribution is 7.00. The molecule has 47 heavy (non-hydrogen) atoms. The van der Waals surface area contributed by atoms with Gasteiger partial charge in [-0.25, -0.2) is 10.1 Å². The van der Waals surface area contributed by atoms with E-state index in [1.165, 1.54) is 16.8 Å². The maximum atomic E-state index is 13.6. The van der Waals surface area contributed by atoms with Crippen molar-refractivity contribution in [1.29, 1.82) is 5.26 Å². The molecule has 6 aromatic rings. The summed E-state index contributed by atoms with van der Waals surface area (Å²) in [6.45, 7) is 12.2. The first-order chi connectivity index (χ1) is 22.9. The van der Waals surface area contributed by atoms with Gasteiger partial charge in [0.1, 0.15) is 11.0 Å². The molecule has 0 saturated heterocycles. The lowest BCUT2D eigenvalue weighted by Crippen LogP contribution is -2.30. The van der Waals surface area contributed by atoms with Crippen molar-refractivity contribution >= 4 is 57.3 Å². The molecule has 0 saturated carbocycles. The molecule has 0 bridgehead atoms. The van der Waals surface area contributed by atoms with E-state index in [4.69, 9.17) is 10.9 Å². The molecular formula is C40H25N5OS. The molecule has 222 valence electrons. The number of fused-ring (bicyclic) bond motifs is 4. The molecule has 0 fully saturated rings. The number of hydrogen-bond acceptors (Lipinski definition) is 6. The second-order valence-corrected chi connectivity index (χ2v) is 12.6. The van der Waals surface area contributed by atoms with Gasteiger partial charge in [-0.2, -0.15) is 8.75 Å². The maximum absolute atomic E-state index is 13.6. The molecule has 2 heterocycles. The monoisotopic (exact) mass is 623 g/mol. The third-order valence-electron chi connectivity index (χ3n) is 9.21. The number of para-hydroxylation sites is 2. The van der Waals surface area contributed by atoms with Crippen LogP contribution in [0.1, 0.15) is 46.5 Å². The Kier molecular flexibility index (Phi) is 6.47. The molecule has 2 aliphatic rings. The SMILES string of the molecule is [C-]#[N+]/C(C#N)=C1\C(=Cc2ccc(-c3ccc4c(c3)C(C)(C)c3ccccc3N4c3ccccc3)c3nsnc23)C(=O)c2ccccc21. The number of anilines is 3. The molecule has 0 atom stereocenters. The Labute approximate surface area is 276 Å². The highest BCUT2D eigenvalue weighted by Gasteiger charge is 2.37. The van der Waals surface area contributed by atoms with Crippen LogP contribution < -0.4 is 4.90 Å². The van der Waals surface area contributed by atoms with Gasteiger partial charge in [-0.1, -0.05) is 92.7 Å². The zero-order valence-electron chi connectivity index (χ0n) is 25.5. The minimum absolute atomic E-state index is 0.110. The molecule has 0 spiro atoms. The minimum atomic E-state index is -0.265. The van der Waals surface area contributed by atoms with E-state index in [-0.39, 0.29) is 16.9 Å². The number of allylic oxidation sites excluding steroid dienone is 3. The largest absolute Gasteiger partial charge is 0.310 e. The number of carbonyl (C=O) groups excluding carboxylic acids is 1. The van der Waals surface area contributed by atoms with Crippen LogP contribution in [0.5, 0.6) is 0 Å². The third kappa shape index (κ3) is 4.25. The summed E-state index contributed by atoms with van der Waals surface area (Å²) in [4.78, 5) is 19.4. The Bertz CT molecular complexity index is 2420. The van der Waals surface area contributed by atoms with E-state index < -0.39 is 0 Å². The van der Waals surface area contributed by atoms with Gasteiger partial charge in [-0.05, 0) is 58.7 Å². The van der Waals surface area contributed by atoms with Crippen LogP contribution in [0.4, 0.5) is 17.1 Å². The summed E-state index contributed by atoms with van der Waals surface area (Å²) in [5.41, 5.74) is 11.3. The number of Topliss-reactive ketones (excluding diaryl/α,β-unsaturated/α-hetero) is 1. The summed E-state index contributed by atoms with van der Waals surface area (Å²) in [6, 6.07) is 38.7. The number of benzene rings is 5. The summed E-state index contributed by atoms with van der Waals surface area (Å²) in [5.74, 6) is -0.215. The second kappa shape index (κ2) is 10.7. The molecule has 0 radical (unpaired) electrons. The first-order valence-electron chi connectivity index (χ1n) is 15.1. The molecule has 7 heteroatoms. The average molecular weight is 624 g/mol. The molecule has 1 aliphatic heterocycles. The standard InChI is InChI=1S/C40H25N5OS/c1-40(2)31-15-9-10-16-34(31)45(26-11-5-4-6-12-26)35-20-18-24(22-32(35)40)27-19-17-25(37-38(27)44-47-43-37)21-30-36(33(23-41)42-3)28-13-7-8-14-29(28)39(30)46/h4-22H,1-2H3/b30-21?,36-33-. The Hall–Kier alpha value is -6.15. The summed E-state index contributed by atoms with van der Waals surface area (Å²) in [6.07, 6.45) is 1.75. The fourth-order valence-corrected chi connectivity index (χ4v) is 7.53. The number of nitrogens with zero attached hydrogens (tertiary/aromatic N) is 5. The number of ketones is 1. The lowest BCUT2D eigenvalue weighted by atomic mass is 9.73. The lowest BCUT2D eigenvalue weighted by Gasteiger charge is -2.42. The van der Waals surface area contributed by atoms with Crippen molar-refractivity contribution < 1.29 is 4.79 Å². The van der Waals surface area contributed by atoms with Crippen LogP contribution in [0.25, 0.3) is 38.7 Å². The van der Waals surface area contributed by atoms with Crippen molar-refractivity contribution in [2.24, 2.45) is 0 Å². The molecular weight excluding hydrogens is 599 g/mol. The quantitative estimate of drug-likeness (QED) is 0.111. The van der Waals surface area contributed by atoms with E-state index >= 15 is 0 Å². The van der Waals surface area contributed by atoms with E-state index in [9.17, 15) is 10.1 Å². The Morgan fingerprint density at radius 1 is 0.830 bits per heavy atom.